The Morgan fingerprint density at radius 1 is 1.11 bits per heavy atom. The minimum absolute atomic E-state index is 0.0321. The summed E-state index contributed by atoms with van der Waals surface area (Å²) < 4.78 is 6.29. The third-order valence-corrected chi connectivity index (χ3v) is 6.70. The summed E-state index contributed by atoms with van der Waals surface area (Å²) in [6.45, 7) is 19.3. The molecule has 3 nitrogen and oxygen atoms in total. The van der Waals surface area contributed by atoms with E-state index in [4.69, 9.17) is 4.74 Å². The van der Waals surface area contributed by atoms with E-state index >= 15 is 0 Å². The molecule has 0 N–H and O–H groups in total. The minimum Gasteiger partial charge on any atom is -0.461 e. The van der Waals surface area contributed by atoms with Crippen molar-refractivity contribution < 1.29 is 14.3 Å². The Kier molecular flexibility index (Phi) is 8.14. The SMILES string of the molecule is CC1CCCC(C(OC(=O)C(C)(CC(C)(C)C)C(C)(C)C)C(C)CC=O)C1. The van der Waals surface area contributed by atoms with Gasteiger partial charge in [0.05, 0.1) is 5.41 Å². The standard InChI is InChI=1S/C24H44O3/c1-17-11-10-12-19(15-17)20(18(2)13-14-25)27-21(26)24(9,23(6,7)8)16-22(3,4)5/h14,17-20H,10-13,15-16H2,1-9H3. The topological polar surface area (TPSA) is 43.4 Å². The van der Waals surface area contributed by atoms with Crippen molar-refractivity contribution in [2.75, 3.05) is 0 Å². The lowest BCUT2D eigenvalue weighted by atomic mass is 9.61. The molecule has 0 amide bonds. The first kappa shape index (κ1) is 24.2. The van der Waals surface area contributed by atoms with Crippen LogP contribution in [0.25, 0.3) is 0 Å². The number of rotatable bonds is 7. The average Bonchev–Trinajstić information content (AvgIpc) is 2.49. The van der Waals surface area contributed by atoms with E-state index < -0.39 is 5.41 Å². The molecule has 3 heteroatoms. The molecule has 0 aliphatic heterocycles. The van der Waals surface area contributed by atoms with Gasteiger partial charge in [-0.2, -0.15) is 0 Å². The van der Waals surface area contributed by atoms with Gasteiger partial charge in [-0.05, 0) is 54.8 Å². The van der Waals surface area contributed by atoms with Gasteiger partial charge in [0.2, 0.25) is 0 Å². The molecule has 0 aromatic heterocycles. The molecular formula is C24H44O3. The maximum absolute atomic E-state index is 13.5. The van der Waals surface area contributed by atoms with Gasteiger partial charge < -0.3 is 9.53 Å². The van der Waals surface area contributed by atoms with E-state index in [0.29, 0.717) is 18.3 Å². The number of carbonyl (C=O) groups excluding carboxylic acids is 2. The van der Waals surface area contributed by atoms with Crippen molar-refractivity contribution in [2.24, 2.45) is 34.0 Å². The maximum atomic E-state index is 13.5. The van der Waals surface area contributed by atoms with Crippen LogP contribution in [0.2, 0.25) is 0 Å². The highest BCUT2D eigenvalue weighted by Crippen LogP contribution is 2.48. The van der Waals surface area contributed by atoms with E-state index in [1.165, 1.54) is 12.8 Å². The van der Waals surface area contributed by atoms with Crippen LogP contribution in [0.4, 0.5) is 0 Å². The molecule has 5 unspecified atom stereocenters. The van der Waals surface area contributed by atoms with Crippen LogP contribution in [0.15, 0.2) is 0 Å². The Balaban J connectivity index is 3.12. The lowest BCUT2D eigenvalue weighted by Gasteiger charge is -2.45. The number of hydrogen-bond acceptors (Lipinski definition) is 3. The zero-order valence-electron chi connectivity index (χ0n) is 19.4. The van der Waals surface area contributed by atoms with E-state index in [9.17, 15) is 9.59 Å². The molecule has 0 saturated heterocycles. The van der Waals surface area contributed by atoms with Crippen molar-refractivity contribution in [3.8, 4) is 0 Å². The Morgan fingerprint density at radius 2 is 1.70 bits per heavy atom. The van der Waals surface area contributed by atoms with Crippen LogP contribution in [0.1, 0.15) is 101 Å². The van der Waals surface area contributed by atoms with Crippen LogP contribution >= 0.6 is 0 Å². The first-order valence-electron chi connectivity index (χ1n) is 10.9. The Morgan fingerprint density at radius 3 is 2.15 bits per heavy atom. The summed E-state index contributed by atoms with van der Waals surface area (Å²) in [6, 6.07) is 0. The summed E-state index contributed by atoms with van der Waals surface area (Å²) in [5, 5.41) is 0. The monoisotopic (exact) mass is 380 g/mol. The molecule has 1 aliphatic rings. The predicted octanol–water partition coefficient (Wildman–Crippen LogP) is 6.44. The normalized spacial score (nSPS) is 26.0. The van der Waals surface area contributed by atoms with Gasteiger partial charge in [-0.3, -0.25) is 4.79 Å². The summed E-state index contributed by atoms with van der Waals surface area (Å²) in [4.78, 5) is 24.7. The second kappa shape index (κ2) is 9.09. The number of hydrogen-bond donors (Lipinski definition) is 0. The van der Waals surface area contributed by atoms with Gasteiger partial charge in [0.25, 0.3) is 0 Å². The van der Waals surface area contributed by atoms with Crippen molar-refractivity contribution in [2.45, 2.75) is 107 Å². The molecule has 0 spiro atoms. The Labute approximate surface area is 168 Å². The summed E-state index contributed by atoms with van der Waals surface area (Å²) >= 11 is 0. The third kappa shape index (κ3) is 6.61. The van der Waals surface area contributed by atoms with Gasteiger partial charge in [-0.15, -0.1) is 0 Å². The van der Waals surface area contributed by atoms with Crippen LogP contribution < -0.4 is 0 Å². The van der Waals surface area contributed by atoms with Crippen LogP contribution in [0, 0.1) is 34.0 Å². The van der Waals surface area contributed by atoms with Crippen molar-refractivity contribution in [1.29, 1.82) is 0 Å². The Bertz CT molecular complexity index is 497. The highest BCUT2D eigenvalue weighted by Gasteiger charge is 2.49. The molecule has 27 heavy (non-hydrogen) atoms. The van der Waals surface area contributed by atoms with Crippen LogP contribution in [-0.4, -0.2) is 18.4 Å². The van der Waals surface area contributed by atoms with Crippen LogP contribution in [-0.2, 0) is 14.3 Å². The number of aldehydes is 1. The van der Waals surface area contributed by atoms with Crippen molar-refractivity contribution in [1.82, 2.24) is 0 Å². The molecule has 1 fully saturated rings. The van der Waals surface area contributed by atoms with E-state index in [0.717, 1.165) is 25.5 Å². The Hall–Kier alpha value is -0.860. The van der Waals surface area contributed by atoms with E-state index in [-0.39, 0.29) is 28.8 Å². The molecule has 0 aromatic rings. The van der Waals surface area contributed by atoms with Gasteiger partial charge in [0.1, 0.15) is 12.4 Å². The average molecular weight is 381 g/mol. The van der Waals surface area contributed by atoms with Gasteiger partial charge in [-0.25, -0.2) is 0 Å². The first-order chi connectivity index (χ1) is 12.2. The zero-order valence-corrected chi connectivity index (χ0v) is 19.4. The second-order valence-corrected chi connectivity index (χ2v) is 11.6. The molecule has 1 aliphatic carbocycles. The second-order valence-electron chi connectivity index (χ2n) is 11.6. The summed E-state index contributed by atoms with van der Waals surface area (Å²) in [6.07, 6.45) is 6.66. The predicted molar refractivity (Wildman–Crippen MR) is 112 cm³/mol. The number of ether oxygens (including phenoxy) is 1. The molecule has 1 saturated carbocycles. The van der Waals surface area contributed by atoms with E-state index in [2.05, 4.69) is 62.3 Å². The molecule has 5 atom stereocenters. The zero-order chi connectivity index (χ0) is 21.0. The molecule has 0 heterocycles. The van der Waals surface area contributed by atoms with E-state index in [1.54, 1.807) is 0 Å². The fourth-order valence-corrected chi connectivity index (χ4v) is 4.70. The molecule has 1 rings (SSSR count). The van der Waals surface area contributed by atoms with Crippen LogP contribution in [0.5, 0.6) is 0 Å². The van der Waals surface area contributed by atoms with Gasteiger partial charge in [-0.1, -0.05) is 68.2 Å². The molecule has 158 valence electrons. The summed E-state index contributed by atoms with van der Waals surface area (Å²) in [5.74, 6) is 1.01. The molecular weight excluding hydrogens is 336 g/mol. The molecule has 0 bridgehead atoms. The van der Waals surface area contributed by atoms with Crippen molar-refractivity contribution in [3.05, 3.63) is 0 Å². The maximum Gasteiger partial charge on any atom is 0.312 e. The molecule has 0 radical (unpaired) electrons. The molecule has 0 aromatic carbocycles. The summed E-state index contributed by atoms with van der Waals surface area (Å²) in [7, 11) is 0. The smallest absolute Gasteiger partial charge is 0.312 e. The highest BCUT2D eigenvalue weighted by molar-refractivity contribution is 5.77. The van der Waals surface area contributed by atoms with Crippen molar-refractivity contribution >= 4 is 12.3 Å². The third-order valence-electron chi connectivity index (χ3n) is 6.70. The fourth-order valence-electron chi connectivity index (χ4n) is 4.70. The summed E-state index contributed by atoms with van der Waals surface area (Å²) in [5.41, 5.74) is -0.731. The number of esters is 1. The number of carbonyl (C=O) groups is 2. The van der Waals surface area contributed by atoms with Gasteiger partial charge >= 0.3 is 5.97 Å². The lowest BCUT2D eigenvalue weighted by molar-refractivity contribution is -0.178. The quantitative estimate of drug-likeness (QED) is 0.377. The van der Waals surface area contributed by atoms with Crippen LogP contribution in [0.3, 0.4) is 0 Å². The first-order valence-corrected chi connectivity index (χ1v) is 10.9. The fraction of sp³-hybridized carbons (Fsp3) is 0.917. The lowest BCUT2D eigenvalue weighted by Crippen LogP contribution is -2.47. The minimum atomic E-state index is -0.565. The highest BCUT2D eigenvalue weighted by atomic mass is 16.5. The van der Waals surface area contributed by atoms with E-state index in [1.807, 2.05) is 0 Å². The van der Waals surface area contributed by atoms with Crippen molar-refractivity contribution in [3.63, 3.8) is 0 Å². The van der Waals surface area contributed by atoms with Gasteiger partial charge in [0.15, 0.2) is 0 Å². The van der Waals surface area contributed by atoms with Gasteiger partial charge in [0, 0.05) is 6.42 Å². The largest absolute Gasteiger partial charge is 0.461 e.